The molecule has 0 spiro atoms. The Kier molecular flexibility index (Phi) is 3.00. The van der Waals surface area contributed by atoms with Crippen LogP contribution < -0.4 is 0 Å². The lowest BCUT2D eigenvalue weighted by Gasteiger charge is -2.08. The molecule has 20 heavy (non-hydrogen) atoms. The van der Waals surface area contributed by atoms with Crippen molar-refractivity contribution in [1.29, 1.82) is 5.26 Å². The van der Waals surface area contributed by atoms with E-state index in [4.69, 9.17) is 10.2 Å². The van der Waals surface area contributed by atoms with Gasteiger partial charge in [-0.25, -0.2) is 4.98 Å². The first kappa shape index (κ1) is 12.4. The Balaban J connectivity index is 2.31. The SMILES string of the molecule is CCn1c(-c2ccccc2C)nc2cc(C#N)ccc21. The van der Waals surface area contributed by atoms with Crippen LogP contribution in [-0.4, -0.2) is 9.55 Å². The zero-order valence-electron chi connectivity index (χ0n) is 11.6. The van der Waals surface area contributed by atoms with Gasteiger partial charge in [0.25, 0.3) is 0 Å². The molecule has 0 unspecified atom stereocenters. The highest BCUT2D eigenvalue weighted by molar-refractivity contribution is 5.82. The number of hydrogen-bond donors (Lipinski definition) is 0. The summed E-state index contributed by atoms with van der Waals surface area (Å²) in [5, 5.41) is 9.01. The summed E-state index contributed by atoms with van der Waals surface area (Å²) in [6.07, 6.45) is 0. The van der Waals surface area contributed by atoms with Crippen molar-refractivity contribution in [3.63, 3.8) is 0 Å². The minimum atomic E-state index is 0.648. The van der Waals surface area contributed by atoms with Crippen LogP contribution in [0.1, 0.15) is 18.1 Å². The third-order valence-corrected chi connectivity index (χ3v) is 3.58. The summed E-state index contributed by atoms with van der Waals surface area (Å²) in [7, 11) is 0. The summed E-state index contributed by atoms with van der Waals surface area (Å²) in [5.74, 6) is 0.968. The fourth-order valence-electron chi connectivity index (χ4n) is 2.55. The second-order valence-electron chi connectivity index (χ2n) is 4.81. The van der Waals surface area contributed by atoms with Crippen molar-refractivity contribution >= 4 is 11.0 Å². The van der Waals surface area contributed by atoms with Gasteiger partial charge in [-0.1, -0.05) is 24.3 Å². The Hall–Kier alpha value is -2.60. The van der Waals surface area contributed by atoms with E-state index in [1.54, 1.807) is 0 Å². The van der Waals surface area contributed by atoms with Crippen molar-refractivity contribution in [3.05, 3.63) is 53.6 Å². The van der Waals surface area contributed by atoms with Crippen LogP contribution in [-0.2, 0) is 6.54 Å². The molecule has 0 saturated carbocycles. The van der Waals surface area contributed by atoms with Gasteiger partial charge < -0.3 is 4.57 Å². The van der Waals surface area contributed by atoms with Crippen LogP contribution in [0, 0.1) is 18.3 Å². The average molecular weight is 261 g/mol. The predicted molar refractivity (Wildman–Crippen MR) is 80.3 cm³/mol. The highest BCUT2D eigenvalue weighted by atomic mass is 15.1. The average Bonchev–Trinajstić information content (AvgIpc) is 2.84. The minimum Gasteiger partial charge on any atom is -0.324 e. The Morgan fingerprint density at radius 1 is 1.20 bits per heavy atom. The lowest BCUT2D eigenvalue weighted by molar-refractivity contribution is 0.796. The maximum Gasteiger partial charge on any atom is 0.141 e. The van der Waals surface area contributed by atoms with E-state index in [0.717, 1.165) is 29.0 Å². The van der Waals surface area contributed by atoms with Gasteiger partial charge in [-0.05, 0) is 37.6 Å². The van der Waals surface area contributed by atoms with E-state index < -0.39 is 0 Å². The van der Waals surface area contributed by atoms with Crippen molar-refractivity contribution in [2.75, 3.05) is 0 Å². The fourth-order valence-corrected chi connectivity index (χ4v) is 2.55. The minimum absolute atomic E-state index is 0.648. The zero-order chi connectivity index (χ0) is 14.1. The summed E-state index contributed by atoms with van der Waals surface area (Å²) >= 11 is 0. The van der Waals surface area contributed by atoms with Gasteiger partial charge >= 0.3 is 0 Å². The molecule has 0 amide bonds. The Morgan fingerprint density at radius 3 is 2.70 bits per heavy atom. The first-order valence-electron chi connectivity index (χ1n) is 6.71. The maximum atomic E-state index is 9.01. The highest BCUT2D eigenvalue weighted by Gasteiger charge is 2.13. The molecule has 3 nitrogen and oxygen atoms in total. The lowest BCUT2D eigenvalue weighted by Crippen LogP contribution is -1.98. The second-order valence-corrected chi connectivity index (χ2v) is 4.81. The van der Waals surface area contributed by atoms with Gasteiger partial charge in [0.1, 0.15) is 5.82 Å². The van der Waals surface area contributed by atoms with E-state index in [2.05, 4.69) is 36.6 Å². The first-order valence-corrected chi connectivity index (χ1v) is 6.71. The molecule has 0 aliphatic carbocycles. The Morgan fingerprint density at radius 2 is 2.00 bits per heavy atom. The van der Waals surface area contributed by atoms with Crippen molar-refractivity contribution < 1.29 is 0 Å². The first-order chi connectivity index (χ1) is 9.74. The highest BCUT2D eigenvalue weighted by Crippen LogP contribution is 2.27. The van der Waals surface area contributed by atoms with Crippen LogP contribution in [0.5, 0.6) is 0 Å². The van der Waals surface area contributed by atoms with Gasteiger partial charge in [-0.15, -0.1) is 0 Å². The molecule has 0 aliphatic heterocycles. The molecule has 3 rings (SSSR count). The number of hydrogen-bond acceptors (Lipinski definition) is 2. The number of benzene rings is 2. The van der Waals surface area contributed by atoms with Gasteiger partial charge in [-0.3, -0.25) is 0 Å². The molecule has 3 heteroatoms. The van der Waals surface area contributed by atoms with Crippen LogP contribution in [0.25, 0.3) is 22.4 Å². The molecule has 0 radical (unpaired) electrons. The molecule has 0 N–H and O–H groups in total. The molecular formula is C17H15N3. The standard InChI is InChI=1S/C17H15N3/c1-3-20-16-9-8-13(11-18)10-15(16)19-17(20)14-7-5-4-6-12(14)2/h4-10H,3H2,1-2H3. The zero-order valence-corrected chi connectivity index (χ0v) is 11.6. The molecular weight excluding hydrogens is 246 g/mol. The fraction of sp³-hybridized carbons (Fsp3) is 0.176. The summed E-state index contributed by atoms with van der Waals surface area (Å²) in [6, 6.07) is 16.1. The van der Waals surface area contributed by atoms with E-state index >= 15 is 0 Å². The van der Waals surface area contributed by atoms with E-state index in [-0.39, 0.29) is 0 Å². The predicted octanol–water partition coefficient (Wildman–Crippen LogP) is 3.90. The monoisotopic (exact) mass is 261 g/mol. The molecule has 1 heterocycles. The molecule has 2 aromatic carbocycles. The summed E-state index contributed by atoms with van der Waals surface area (Å²) in [5.41, 5.74) is 4.95. The van der Waals surface area contributed by atoms with Crippen molar-refractivity contribution in [1.82, 2.24) is 9.55 Å². The number of imidazole rings is 1. The van der Waals surface area contributed by atoms with Crippen molar-refractivity contribution in [2.45, 2.75) is 20.4 Å². The molecule has 0 aliphatic rings. The van der Waals surface area contributed by atoms with Crippen LogP contribution >= 0.6 is 0 Å². The van der Waals surface area contributed by atoms with Gasteiger partial charge in [0.2, 0.25) is 0 Å². The Labute approximate surface area is 118 Å². The molecule has 1 aromatic heterocycles. The second kappa shape index (κ2) is 4.82. The molecule has 0 atom stereocenters. The third-order valence-electron chi connectivity index (χ3n) is 3.58. The van der Waals surface area contributed by atoms with Crippen LogP contribution in [0.2, 0.25) is 0 Å². The molecule has 0 fully saturated rings. The number of nitrogens with zero attached hydrogens (tertiary/aromatic N) is 3. The molecule has 98 valence electrons. The smallest absolute Gasteiger partial charge is 0.141 e. The van der Waals surface area contributed by atoms with Gasteiger partial charge in [0.05, 0.1) is 22.7 Å². The van der Waals surface area contributed by atoms with E-state index in [9.17, 15) is 0 Å². The van der Waals surface area contributed by atoms with Crippen LogP contribution in [0.15, 0.2) is 42.5 Å². The summed E-state index contributed by atoms with van der Waals surface area (Å²) in [4.78, 5) is 4.74. The number of aryl methyl sites for hydroxylation is 2. The number of rotatable bonds is 2. The van der Waals surface area contributed by atoms with Crippen LogP contribution in [0.4, 0.5) is 0 Å². The van der Waals surface area contributed by atoms with Gasteiger partial charge in [-0.2, -0.15) is 5.26 Å². The van der Waals surface area contributed by atoms with E-state index in [1.165, 1.54) is 5.56 Å². The van der Waals surface area contributed by atoms with Crippen molar-refractivity contribution in [2.24, 2.45) is 0 Å². The van der Waals surface area contributed by atoms with E-state index in [1.807, 2.05) is 30.3 Å². The number of aromatic nitrogens is 2. The number of fused-ring (bicyclic) bond motifs is 1. The maximum absolute atomic E-state index is 9.01. The van der Waals surface area contributed by atoms with Crippen molar-refractivity contribution in [3.8, 4) is 17.5 Å². The third kappa shape index (κ3) is 1.86. The Bertz CT molecular complexity index is 822. The molecule has 3 aromatic rings. The number of nitriles is 1. The van der Waals surface area contributed by atoms with Gasteiger partial charge in [0, 0.05) is 12.1 Å². The normalized spacial score (nSPS) is 10.7. The quantitative estimate of drug-likeness (QED) is 0.702. The molecule has 0 saturated heterocycles. The topological polar surface area (TPSA) is 41.6 Å². The summed E-state index contributed by atoms with van der Waals surface area (Å²) in [6.45, 7) is 5.06. The molecule has 0 bridgehead atoms. The van der Waals surface area contributed by atoms with Crippen LogP contribution in [0.3, 0.4) is 0 Å². The van der Waals surface area contributed by atoms with Gasteiger partial charge in [0.15, 0.2) is 0 Å². The lowest BCUT2D eigenvalue weighted by atomic mass is 10.1. The largest absolute Gasteiger partial charge is 0.324 e. The van der Waals surface area contributed by atoms with E-state index in [0.29, 0.717) is 5.56 Å². The summed E-state index contributed by atoms with van der Waals surface area (Å²) < 4.78 is 2.19.